The number of hydrogen-bond acceptors (Lipinski definition) is 5. The van der Waals surface area contributed by atoms with E-state index in [2.05, 4.69) is 10.6 Å². The fraction of sp³-hybridized carbons (Fsp3) is 0.870. The SMILES string of the molecule is CCCNC(=O)[C@@H]1[C@@H]2CCC3(S2)C(C(=O)NC(C)(C)C)N(CCCCCCO)C(=O)[C@H]13. The number of nitrogens with one attached hydrogen (secondary N) is 2. The summed E-state index contributed by atoms with van der Waals surface area (Å²) >= 11 is 1.72. The van der Waals surface area contributed by atoms with Crippen molar-refractivity contribution in [2.45, 2.75) is 94.2 Å². The van der Waals surface area contributed by atoms with Gasteiger partial charge in [-0.2, -0.15) is 0 Å². The zero-order valence-electron chi connectivity index (χ0n) is 19.4. The number of nitrogens with zero attached hydrogens (tertiary/aromatic N) is 1. The molecule has 3 heterocycles. The highest BCUT2D eigenvalue weighted by atomic mass is 32.2. The van der Waals surface area contributed by atoms with Crippen LogP contribution in [0.4, 0.5) is 0 Å². The number of thioether (sulfide) groups is 1. The number of amides is 3. The molecule has 0 radical (unpaired) electrons. The van der Waals surface area contributed by atoms with Crippen molar-refractivity contribution >= 4 is 29.5 Å². The third-order valence-corrected chi connectivity index (χ3v) is 8.66. The van der Waals surface area contributed by atoms with E-state index in [1.54, 1.807) is 16.7 Å². The Balaban J connectivity index is 1.86. The molecular formula is C23H39N3O4S. The molecule has 176 valence electrons. The molecule has 0 aromatic carbocycles. The molecule has 2 bridgehead atoms. The van der Waals surface area contributed by atoms with Gasteiger partial charge in [-0.25, -0.2) is 0 Å². The Bertz CT molecular complexity index is 695. The van der Waals surface area contributed by atoms with Crippen molar-refractivity contribution in [3.8, 4) is 0 Å². The second-order valence-corrected chi connectivity index (χ2v) is 11.9. The lowest BCUT2D eigenvalue weighted by atomic mass is 9.70. The Morgan fingerprint density at radius 1 is 1.19 bits per heavy atom. The highest BCUT2D eigenvalue weighted by molar-refractivity contribution is 8.02. The normalized spacial score (nSPS) is 31.8. The van der Waals surface area contributed by atoms with Crippen LogP contribution in [0.25, 0.3) is 0 Å². The van der Waals surface area contributed by atoms with Gasteiger partial charge in [-0.1, -0.05) is 19.8 Å². The second kappa shape index (κ2) is 9.69. The molecular weight excluding hydrogens is 414 g/mol. The van der Waals surface area contributed by atoms with E-state index in [0.717, 1.165) is 44.9 Å². The van der Waals surface area contributed by atoms with Crippen molar-refractivity contribution in [3.63, 3.8) is 0 Å². The number of aliphatic hydroxyl groups excluding tert-OH is 1. The lowest BCUT2D eigenvalue weighted by Crippen LogP contribution is -2.57. The molecule has 0 saturated carbocycles. The molecule has 5 atom stereocenters. The van der Waals surface area contributed by atoms with Crippen LogP contribution in [0.3, 0.4) is 0 Å². The number of unbranched alkanes of at least 4 members (excludes halogenated alkanes) is 3. The summed E-state index contributed by atoms with van der Waals surface area (Å²) in [5.41, 5.74) is -0.388. The Kier molecular flexibility index (Phi) is 7.62. The van der Waals surface area contributed by atoms with E-state index in [1.165, 1.54) is 0 Å². The van der Waals surface area contributed by atoms with Gasteiger partial charge in [0.2, 0.25) is 17.7 Å². The van der Waals surface area contributed by atoms with Crippen LogP contribution in [0.1, 0.15) is 72.6 Å². The molecule has 0 aromatic rings. The van der Waals surface area contributed by atoms with Gasteiger partial charge in [-0.15, -0.1) is 11.8 Å². The van der Waals surface area contributed by atoms with E-state index >= 15 is 0 Å². The maximum Gasteiger partial charge on any atom is 0.244 e. The molecule has 3 aliphatic heterocycles. The van der Waals surface area contributed by atoms with E-state index < -0.39 is 16.7 Å². The minimum absolute atomic E-state index is 0.0254. The maximum absolute atomic E-state index is 13.7. The zero-order chi connectivity index (χ0) is 22.8. The van der Waals surface area contributed by atoms with Crippen LogP contribution in [0.2, 0.25) is 0 Å². The molecule has 8 heteroatoms. The van der Waals surface area contributed by atoms with Crippen molar-refractivity contribution < 1.29 is 19.5 Å². The average Bonchev–Trinajstić information content (AvgIpc) is 3.32. The number of carbonyl (C=O) groups is 3. The van der Waals surface area contributed by atoms with Crippen LogP contribution in [-0.4, -0.2) is 69.0 Å². The molecule has 3 N–H and O–H groups in total. The van der Waals surface area contributed by atoms with Crippen LogP contribution >= 0.6 is 11.8 Å². The molecule has 3 aliphatic rings. The van der Waals surface area contributed by atoms with Crippen LogP contribution in [0.5, 0.6) is 0 Å². The Morgan fingerprint density at radius 3 is 2.55 bits per heavy atom. The van der Waals surface area contributed by atoms with E-state index in [1.807, 2.05) is 27.7 Å². The van der Waals surface area contributed by atoms with E-state index in [9.17, 15) is 14.4 Å². The summed E-state index contributed by atoms with van der Waals surface area (Å²) in [6.45, 7) is 9.20. The minimum atomic E-state index is -0.527. The van der Waals surface area contributed by atoms with Gasteiger partial charge >= 0.3 is 0 Å². The first kappa shape index (κ1) is 24.4. The van der Waals surface area contributed by atoms with Crippen LogP contribution < -0.4 is 10.6 Å². The van der Waals surface area contributed by atoms with Crippen LogP contribution in [0.15, 0.2) is 0 Å². The summed E-state index contributed by atoms with van der Waals surface area (Å²) in [4.78, 5) is 41.9. The molecule has 3 fully saturated rings. The van der Waals surface area contributed by atoms with Crippen molar-refractivity contribution in [1.82, 2.24) is 15.5 Å². The summed E-state index contributed by atoms with van der Waals surface area (Å²) in [6, 6.07) is -0.527. The number of hydrogen-bond donors (Lipinski definition) is 3. The molecule has 2 unspecified atom stereocenters. The number of rotatable bonds is 10. The van der Waals surface area contributed by atoms with E-state index in [0.29, 0.717) is 13.1 Å². The smallest absolute Gasteiger partial charge is 0.244 e. The summed E-state index contributed by atoms with van der Waals surface area (Å²) in [5.74, 6) is -0.911. The molecule has 1 spiro atoms. The fourth-order valence-electron chi connectivity index (χ4n) is 5.55. The molecule has 31 heavy (non-hydrogen) atoms. The Morgan fingerprint density at radius 2 is 1.90 bits per heavy atom. The summed E-state index contributed by atoms with van der Waals surface area (Å²) < 4.78 is -0.504. The summed E-state index contributed by atoms with van der Waals surface area (Å²) in [5, 5.41) is 15.2. The Hall–Kier alpha value is -1.28. The fourth-order valence-corrected chi connectivity index (χ4v) is 7.77. The Labute approximate surface area is 190 Å². The van der Waals surface area contributed by atoms with Gasteiger partial charge in [0.25, 0.3) is 0 Å². The van der Waals surface area contributed by atoms with Crippen LogP contribution in [0, 0.1) is 11.8 Å². The van der Waals surface area contributed by atoms with Crippen molar-refractivity contribution in [2.75, 3.05) is 19.7 Å². The lowest BCUT2D eigenvalue weighted by molar-refractivity contribution is -0.140. The number of fused-ring (bicyclic) bond motifs is 1. The highest BCUT2D eigenvalue weighted by Crippen LogP contribution is 2.66. The average molecular weight is 454 g/mol. The summed E-state index contributed by atoms with van der Waals surface area (Å²) in [7, 11) is 0. The van der Waals surface area contributed by atoms with Crippen LogP contribution in [-0.2, 0) is 14.4 Å². The lowest BCUT2D eigenvalue weighted by Gasteiger charge is -2.36. The first-order chi connectivity index (χ1) is 14.7. The second-order valence-electron chi connectivity index (χ2n) is 10.3. The molecule has 3 rings (SSSR count). The zero-order valence-corrected chi connectivity index (χ0v) is 20.2. The van der Waals surface area contributed by atoms with Gasteiger partial charge in [-0.05, 0) is 52.9 Å². The highest BCUT2D eigenvalue weighted by Gasteiger charge is 2.73. The van der Waals surface area contributed by atoms with Crippen molar-refractivity contribution in [2.24, 2.45) is 11.8 Å². The first-order valence-corrected chi connectivity index (χ1v) is 12.7. The van der Waals surface area contributed by atoms with Gasteiger partial charge in [0.05, 0.1) is 16.6 Å². The minimum Gasteiger partial charge on any atom is -0.396 e. The van der Waals surface area contributed by atoms with E-state index in [4.69, 9.17) is 5.11 Å². The van der Waals surface area contributed by atoms with Gasteiger partial charge in [-0.3, -0.25) is 14.4 Å². The maximum atomic E-state index is 13.7. The molecule has 0 aromatic heterocycles. The quantitative estimate of drug-likeness (QED) is 0.440. The third kappa shape index (κ3) is 4.75. The molecule has 3 saturated heterocycles. The van der Waals surface area contributed by atoms with Gasteiger partial charge in [0.1, 0.15) is 6.04 Å². The predicted molar refractivity (Wildman–Crippen MR) is 123 cm³/mol. The van der Waals surface area contributed by atoms with E-state index in [-0.39, 0.29) is 41.0 Å². The van der Waals surface area contributed by atoms with Crippen molar-refractivity contribution in [3.05, 3.63) is 0 Å². The monoisotopic (exact) mass is 453 g/mol. The molecule has 7 nitrogen and oxygen atoms in total. The van der Waals surface area contributed by atoms with Gasteiger partial charge in [0.15, 0.2) is 0 Å². The topological polar surface area (TPSA) is 98.7 Å². The largest absolute Gasteiger partial charge is 0.396 e. The molecule has 3 amide bonds. The number of carbonyl (C=O) groups excluding carboxylic acids is 3. The van der Waals surface area contributed by atoms with Gasteiger partial charge in [0, 0.05) is 30.5 Å². The standard InChI is InChI=1S/C23H39N3O4S/c1-5-12-24-19(28)16-15-10-11-23(31-15)17(16)21(30)26(13-8-6-7-9-14-27)18(23)20(29)25-22(2,3)4/h15-18,27H,5-14H2,1-4H3,(H,24,28)(H,25,29)/t15-,16+,17-,18?,23?/m0/s1. The van der Waals surface area contributed by atoms with Gasteiger partial charge < -0.3 is 20.6 Å². The third-order valence-electron chi connectivity index (χ3n) is 6.71. The number of likely N-dealkylation sites (tertiary alicyclic amines) is 1. The summed E-state index contributed by atoms with van der Waals surface area (Å²) in [6.07, 6.45) is 5.91. The number of aliphatic hydroxyl groups is 1. The predicted octanol–water partition coefficient (Wildman–Crippen LogP) is 2.07. The van der Waals surface area contributed by atoms with Crippen molar-refractivity contribution in [1.29, 1.82) is 0 Å². The molecule has 0 aliphatic carbocycles. The first-order valence-electron chi connectivity index (χ1n) is 11.8.